The third kappa shape index (κ3) is 27.7. The standard InChI is InChI=1S/C12H27N.C4H4O4/c1-2-3-4-5-6-7-8-9-10-11-12-13;5-3(6)1-2-4(7)8/h2-13H2,1H3;1-2H,(H,5,6)(H,7,8). The molecule has 0 spiro atoms. The van der Waals surface area contributed by atoms with E-state index in [-0.39, 0.29) is 0 Å². The summed E-state index contributed by atoms with van der Waals surface area (Å²) in [4.78, 5) is 19.1. The van der Waals surface area contributed by atoms with Gasteiger partial charge in [-0.25, -0.2) is 9.59 Å². The molecule has 0 unspecified atom stereocenters. The van der Waals surface area contributed by atoms with Gasteiger partial charge in [-0.2, -0.15) is 0 Å². The summed E-state index contributed by atoms with van der Waals surface area (Å²) in [6.45, 7) is 3.14. The van der Waals surface area contributed by atoms with Crippen LogP contribution in [-0.4, -0.2) is 28.7 Å². The van der Waals surface area contributed by atoms with Gasteiger partial charge in [0.25, 0.3) is 0 Å². The number of aliphatic carboxylic acids is 2. The van der Waals surface area contributed by atoms with Crippen molar-refractivity contribution >= 4 is 11.9 Å². The van der Waals surface area contributed by atoms with Gasteiger partial charge in [0.1, 0.15) is 0 Å². The molecule has 0 radical (unpaired) electrons. The van der Waals surface area contributed by atoms with Gasteiger partial charge in [-0.1, -0.05) is 64.7 Å². The highest BCUT2D eigenvalue weighted by Crippen LogP contribution is 2.09. The molecule has 0 aliphatic carbocycles. The third-order valence-corrected chi connectivity index (χ3v) is 2.93. The molecule has 0 aliphatic heterocycles. The van der Waals surface area contributed by atoms with Crippen molar-refractivity contribution in [3.05, 3.63) is 12.2 Å². The smallest absolute Gasteiger partial charge is 0.328 e. The molecule has 0 bridgehead atoms. The Morgan fingerprint density at radius 2 is 1.10 bits per heavy atom. The average Bonchev–Trinajstić information content (AvgIpc) is 2.44. The van der Waals surface area contributed by atoms with Crippen molar-refractivity contribution < 1.29 is 19.8 Å². The van der Waals surface area contributed by atoms with Crippen molar-refractivity contribution in [2.75, 3.05) is 6.54 Å². The van der Waals surface area contributed by atoms with E-state index in [2.05, 4.69) is 6.92 Å². The zero-order valence-electron chi connectivity index (χ0n) is 13.2. The number of carboxylic acid groups (broad SMARTS) is 2. The second kappa shape index (κ2) is 18.6. The van der Waals surface area contributed by atoms with E-state index in [1.165, 1.54) is 64.2 Å². The molecular formula is C16H31NO4. The van der Waals surface area contributed by atoms with Crippen LogP contribution < -0.4 is 5.73 Å². The van der Waals surface area contributed by atoms with Crippen molar-refractivity contribution in [2.24, 2.45) is 5.73 Å². The van der Waals surface area contributed by atoms with Crippen LogP contribution in [0.5, 0.6) is 0 Å². The van der Waals surface area contributed by atoms with Crippen LogP contribution in [0.3, 0.4) is 0 Å². The SMILES string of the molecule is CCCCCCCCCCCCN.O=C(O)C=CC(=O)O. The highest BCUT2D eigenvalue weighted by atomic mass is 16.4. The van der Waals surface area contributed by atoms with Crippen molar-refractivity contribution in [1.29, 1.82) is 0 Å². The Kier molecular flexibility index (Phi) is 19.5. The second-order valence-corrected chi connectivity index (χ2v) is 4.98. The molecule has 0 amide bonds. The van der Waals surface area contributed by atoms with Crippen LogP contribution in [0.25, 0.3) is 0 Å². The van der Waals surface area contributed by atoms with E-state index in [4.69, 9.17) is 15.9 Å². The topological polar surface area (TPSA) is 101 Å². The molecule has 0 saturated heterocycles. The Hall–Kier alpha value is -1.36. The molecule has 21 heavy (non-hydrogen) atoms. The first kappa shape index (κ1) is 21.9. The molecule has 0 heterocycles. The Bertz CT molecular complexity index is 251. The minimum Gasteiger partial charge on any atom is -0.478 e. The third-order valence-electron chi connectivity index (χ3n) is 2.93. The van der Waals surface area contributed by atoms with E-state index in [1.54, 1.807) is 0 Å². The molecule has 0 aromatic heterocycles. The van der Waals surface area contributed by atoms with Gasteiger partial charge in [-0.15, -0.1) is 0 Å². The molecule has 0 saturated carbocycles. The maximum atomic E-state index is 9.55. The molecule has 0 aliphatic rings. The Labute approximate surface area is 128 Å². The molecule has 124 valence electrons. The first-order chi connectivity index (χ1) is 10.0. The van der Waals surface area contributed by atoms with Gasteiger partial charge in [-0.3, -0.25) is 0 Å². The molecule has 0 fully saturated rings. The molecule has 0 rings (SSSR count). The van der Waals surface area contributed by atoms with Crippen LogP contribution in [0, 0.1) is 0 Å². The molecule has 5 nitrogen and oxygen atoms in total. The summed E-state index contributed by atoms with van der Waals surface area (Å²) in [6, 6.07) is 0. The van der Waals surface area contributed by atoms with Crippen molar-refractivity contribution in [3.8, 4) is 0 Å². The Balaban J connectivity index is 0. The zero-order chi connectivity index (χ0) is 16.3. The summed E-state index contributed by atoms with van der Waals surface area (Å²) in [7, 11) is 0. The van der Waals surface area contributed by atoms with Crippen LogP contribution in [0.4, 0.5) is 0 Å². The van der Waals surface area contributed by atoms with Crippen LogP contribution in [0.15, 0.2) is 12.2 Å². The number of rotatable bonds is 12. The van der Waals surface area contributed by atoms with Crippen molar-refractivity contribution in [2.45, 2.75) is 71.1 Å². The van der Waals surface area contributed by atoms with E-state index in [1.807, 2.05) is 0 Å². The maximum absolute atomic E-state index is 9.55. The lowest BCUT2D eigenvalue weighted by atomic mass is 10.1. The highest BCUT2D eigenvalue weighted by molar-refractivity contribution is 5.89. The van der Waals surface area contributed by atoms with E-state index in [0.29, 0.717) is 12.2 Å². The molecule has 0 aromatic carbocycles. The number of unbranched alkanes of at least 4 members (excludes halogenated alkanes) is 9. The maximum Gasteiger partial charge on any atom is 0.328 e. The van der Waals surface area contributed by atoms with Crippen LogP contribution >= 0.6 is 0 Å². The first-order valence-electron chi connectivity index (χ1n) is 7.88. The molecule has 5 heteroatoms. The van der Waals surface area contributed by atoms with Gasteiger partial charge in [-0.05, 0) is 13.0 Å². The molecule has 0 atom stereocenters. The van der Waals surface area contributed by atoms with Crippen molar-refractivity contribution in [3.63, 3.8) is 0 Å². The fourth-order valence-electron chi connectivity index (χ4n) is 1.77. The lowest BCUT2D eigenvalue weighted by molar-refractivity contribution is -0.134. The zero-order valence-corrected chi connectivity index (χ0v) is 13.2. The van der Waals surface area contributed by atoms with Gasteiger partial charge in [0, 0.05) is 12.2 Å². The fraction of sp³-hybridized carbons (Fsp3) is 0.750. The van der Waals surface area contributed by atoms with Gasteiger partial charge in [0.2, 0.25) is 0 Å². The van der Waals surface area contributed by atoms with Gasteiger partial charge >= 0.3 is 11.9 Å². The average molecular weight is 301 g/mol. The summed E-state index contributed by atoms with van der Waals surface area (Å²) in [5.41, 5.74) is 5.42. The first-order valence-corrected chi connectivity index (χ1v) is 7.88. The Morgan fingerprint density at radius 1 is 0.762 bits per heavy atom. The van der Waals surface area contributed by atoms with E-state index < -0.39 is 11.9 Å². The predicted octanol–water partition coefficient (Wildman–Crippen LogP) is 3.58. The number of hydrogen-bond acceptors (Lipinski definition) is 3. The Morgan fingerprint density at radius 3 is 1.38 bits per heavy atom. The summed E-state index contributed by atoms with van der Waals surface area (Å²) in [5, 5.41) is 15.6. The van der Waals surface area contributed by atoms with E-state index in [0.717, 1.165) is 6.54 Å². The van der Waals surface area contributed by atoms with Crippen LogP contribution in [0.1, 0.15) is 71.1 Å². The van der Waals surface area contributed by atoms with E-state index >= 15 is 0 Å². The van der Waals surface area contributed by atoms with E-state index in [9.17, 15) is 9.59 Å². The minimum absolute atomic E-state index is 0.558. The minimum atomic E-state index is -1.26. The summed E-state index contributed by atoms with van der Waals surface area (Å²) in [5.74, 6) is -2.51. The highest BCUT2D eigenvalue weighted by Gasteiger charge is 1.91. The van der Waals surface area contributed by atoms with Gasteiger partial charge in [0.15, 0.2) is 0 Å². The van der Waals surface area contributed by atoms with Crippen LogP contribution in [-0.2, 0) is 9.59 Å². The fourth-order valence-corrected chi connectivity index (χ4v) is 1.77. The molecule has 4 N–H and O–H groups in total. The number of carboxylic acids is 2. The quantitative estimate of drug-likeness (QED) is 0.378. The lowest BCUT2D eigenvalue weighted by Gasteiger charge is -2.00. The number of nitrogens with two attached hydrogens (primary N) is 1. The second-order valence-electron chi connectivity index (χ2n) is 4.98. The van der Waals surface area contributed by atoms with Gasteiger partial charge in [0.05, 0.1) is 0 Å². The molecular weight excluding hydrogens is 270 g/mol. The van der Waals surface area contributed by atoms with Gasteiger partial charge < -0.3 is 15.9 Å². The van der Waals surface area contributed by atoms with Crippen molar-refractivity contribution in [1.82, 2.24) is 0 Å². The predicted molar refractivity (Wildman–Crippen MR) is 85.3 cm³/mol. The largest absolute Gasteiger partial charge is 0.478 e. The molecule has 0 aromatic rings. The summed E-state index contributed by atoms with van der Waals surface area (Å²) in [6.07, 6.45) is 15.0. The van der Waals surface area contributed by atoms with Crippen LogP contribution in [0.2, 0.25) is 0 Å². The number of hydrogen-bond donors (Lipinski definition) is 3. The monoisotopic (exact) mass is 301 g/mol. The summed E-state index contributed by atoms with van der Waals surface area (Å²) >= 11 is 0. The lowest BCUT2D eigenvalue weighted by Crippen LogP contribution is -1.97. The number of carbonyl (C=O) groups is 2. The summed E-state index contributed by atoms with van der Waals surface area (Å²) < 4.78 is 0. The normalized spacial score (nSPS) is 10.2.